The zero-order chi connectivity index (χ0) is 18.0. The fourth-order valence-corrected chi connectivity index (χ4v) is 2.54. The molecule has 1 heterocycles. The van der Waals surface area contributed by atoms with Crippen molar-refractivity contribution >= 4 is 33.9 Å². The second-order valence-electron chi connectivity index (χ2n) is 4.93. The van der Waals surface area contributed by atoms with Crippen LogP contribution in [-0.2, 0) is 0 Å². The van der Waals surface area contributed by atoms with Gasteiger partial charge in [-0.25, -0.2) is 4.85 Å². The summed E-state index contributed by atoms with van der Waals surface area (Å²) in [4.78, 5) is 17.9. The highest BCUT2D eigenvalue weighted by molar-refractivity contribution is 6.32. The van der Waals surface area contributed by atoms with Crippen LogP contribution in [0.5, 0.6) is 17.2 Å². The van der Waals surface area contributed by atoms with Crippen LogP contribution in [0.2, 0.25) is 5.02 Å². The maximum atomic E-state index is 10.8. The number of hydrogen-bond acceptors (Lipinski definition) is 5. The maximum absolute atomic E-state index is 10.8. The summed E-state index contributed by atoms with van der Waals surface area (Å²) in [7, 11) is 1.48. The fourth-order valence-electron chi connectivity index (χ4n) is 2.30. The number of methoxy groups -OCH3 is 1. The summed E-state index contributed by atoms with van der Waals surface area (Å²) in [5.41, 5.74) is 0.720. The Morgan fingerprint density at radius 2 is 2.04 bits per heavy atom. The van der Waals surface area contributed by atoms with Crippen molar-refractivity contribution in [3.8, 4) is 17.2 Å². The molecular weight excluding hydrogens is 346 g/mol. The number of aromatic nitrogens is 1. The lowest BCUT2D eigenvalue weighted by atomic mass is 10.1. The molecule has 0 fully saturated rings. The highest BCUT2D eigenvalue weighted by atomic mass is 35.5. The molecular formula is C17H10ClN3O4. The Morgan fingerprint density at radius 1 is 1.24 bits per heavy atom. The number of nitro benzene ring substituents is 1. The van der Waals surface area contributed by atoms with Gasteiger partial charge in [-0.1, -0.05) is 11.6 Å². The molecule has 0 radical (unpaired) electrons. The predicted molar refractivity (Wildman–Crippen MR) is 92.7 cm³/mol. The fraction of sp³-hybridized carbons (Fsp3) is 0.0588. The maximum Gasteiger partial charge on any atom is 0.288 e. The van der Waals surface area contributed by atoms with Gasteiger partial charge in [0, 0.05) is 23.7 Å². The number of ether oxygens (including phenoxy) is 2. The molecule has 0 bridgehead atoms. The highest BCUT2D eigenvalue weighted by Gasteiger charge is 2.14. The summed E-state index contributed by atoms with van der Waals surface area (Å²) in [6, 6.07) is 9.00. The normalized spacial score (nSPS) is 10.3. The molecule has 0 unspecified atom stereocenters. The van der Waals surface area contributed by atoms with E-state index < -0.39 is 4.92 Å². The van der Waals surface area contributed by atoms with Crippen molar-refractivity contribution < 1.29 is 14.4 Å². The largest absolute Gasteiger partial charge is 0.508 e. The summed E-state index contributed by atoms with van der Waals surface area (Å²) >= 11 is 5.91. The SMILES string of the molecule is [C-]#[N+]c1cc2c(Oc3ccc([N+](=O)[O-])c(Cl)c3)ccnc2cc1OC. The zero-order valence-electron chi connectivity index (χ0n) is 12.9. The van der Waals surface area contributed by atoms with E-state index in [1.807, 2.05) is 0 Å². The Balaban J connectivity index is 2.06. The number of benzene rings is 2. The van der Waals surface area contributed by atoms with Crippen molar-refractivity contribution in [2.75, 3.05) is 7.11 Å². The van der Waals surface area contributed by atoms with Crippen molar-refractivity contribution in [1.29, 1.82) is 0 Å². The Bertz CT molecular complexity index is 1030. The molecule has 0 atom stereocenters. The number of nitrogens with zero attached hydrogens (tertiary/aromatic N) is 3. The molecule has 0 saturated heterocycles. The van der Waals surface area contributed by atoms with Gasteiger partial charge < -0.3 is 9.47 Å². The summed E-state index contributed by atoms with van der Waals surface area (Å²) < 4.78 is 11.0. The van der Waals surface area contributed by atoms with Gasteiger partial charge in [0.05, 0.1) is 24.1 Å². The van der Waals surface area contributed by atoms with Gasteiger partial charge in [0.25, 0.3) is 5.69 Å². The predicted octanol–water partition coefficient (Wildman–Crippen LogP) is 5.15. The van der Waals surface area contributed by atoms with Gasteiger partial charge in [-0.3, -0.25) is 15.1 Å². The molecule has 25 heavy (non-hydrogen) atoms. The van der Waals surface area contributed by atoms with E-state index in [9.17, 15) is 10.1 Å². The second-order valence-corrected chi connectivity index (χ2v) is 5.34. The molecule has 0 N–H and O–H groups in total. The van der Waals surface area contributed by atoms with E-state index in [-0.39, 0.29) is 10.7 Å². The van der Waals surface area contributed by atoms with Gasteiger partial charge >= 0.3 is 0 Å². The van der Waals surface area contributed by atoms with Crippen LogP contribution in [0.4, 0.5) is 11.4 Å². The monoisotopic (exact) mass is 355 g/mol. The van der Waals surface area contributed by atoms with Crippen molar-refractivity contribution in [1.82, 2.24) is 4.98 Å². The van der Waals surface area contributed by atoms with Crippen LogP contribution in [0.1, 0.15) is 0 Å². The first-order valence-corrected chi connectivity index (χ1v) is 7.37. The first-order valence-electron chi connectivity index (χ1n) is 6.99. The minimum Gasteiger partial charge on any atom is -0.508 e. The lowest BCUT2D eigenvalue weighted by molar-refractivity contribution is -0.384. The van der Waals surface area contributed by atoms with Gasteiger partial charge in [0.2, 0.25) is 5.69 Å². The molecule has 0 aliphatic rings. The first-order chi connectivity index (χ1) is 12.0. The number of hydrogen-bond donors (Lipinski definition) is 0. The Morgan fingerprint density at radius 3 is 2.68 bits per heavy atom. The third-order valence-corrected chi connectivity index (χ3v) is 3.77. The van der Waals surface area contributed by atoms with Crippen molar-refractivity contribution in [2.45, 2.75) is 0 Å². The third kappa shape index (κ3) is 3.16. The lowest BCUT2D eigenvalue weighted by Gasteiger charge is -2.11. The number of halogens is 1. The van der Waals surface area contributed by atoms with E-state index in [0.717, 1.165) is 0 Å². The van der Waals surface area contributed by atoms with Gasteiger partial charge in [-0.2, -0.15) is 0 Å². The summed E-state index contributed by atoms with van der Waals surface area (Å²) in [6.07, 6.45) is 1.56. The van der Waals surface area contributed by atoms with Crippen LogP contribution in [0.3, 0.4) is 0 Å². The Labute approximate surface area is 147 Å². The molecule has 8 heteroatoms. The standard InChI is InChI=1S/C17H10ClN3O4/c1-19-14-8-11-13(9-17(14)24-2)20-6-5-16(11)25-10-3-4-15(21(22)23)12(18)7-10/h3-9H,2H3. The topological polar surface area (TPSA) is 78.9 Å². The second kappa shape index (κ2) is 6.63. The third-order valence-electron chi connectivity index (χ3n) is 3.47. The zero-order valence-corrected chi connectivity index (χ0v) is 13.6. The molecule has 3 rings (SSSR count). The molecule has 2 aromatic carbocycles. The summed E-state index contributed by atoms with van der Waals surface area (Å²) in [5, 5.41) is 11.4. The quantitative estimate of drug-likeness (QED) is 0.367. The highest BCUT2D eigenvalue weighted by Crippen LogP contribution is 2.38. The first kappa shape index (κ1) is 16.5. The molecule has 7 nitrogen and oxygen atoms in total. The molecule has 0 aliphatic carbocycles. The van der Waals surface area contributed by atoms with Crippen molar-refractivity contribution in [3.63, 3.8) is 0 Å². The van der Waals surface area contributed by atoms with Gasteiger partial charge in [-0.15, -0.1) is 0 Å². The summed E-state index contributed by atoms with van der Waals surface area (Å²) in [5.74, 6) is 1.20. The average molecular weight is 356 g/mol. The number of nitro groups is 1. The molecule has 0 aliphatic heterocycles. The van der Waals surface area contributed by atoms with Crippen LogP contribution in [0.25, 0.3) is 15.7 Å². The lowest BCUT2D eigenvalue weighted by Crippen LogP contribution is -1.92. The van der Waals surface area contributed by atoms with E-state index in [0.29, 0.717) is 33.8 Å². The van der Waals surface area contributed by atoms with E-state index in [1.165, 1.54) is 25.3 Å². The van der Waals surface area contributed by atoms with Crippen LogP contribution in [0, 0.1) is 16.7 Å². The van der Waals surface area contributed by atoms with E-state index >= 15 is 0 Å². The van der Waals surface area contributed by atoms with Gasteiger partial charge in [0.15, 0.2) is 0 Å². The van der Waals surface area contributed by atoms with E-state index in [2.05, 4.69) is 9.83 Å². The van der Waals surface area contributed by atoms with Crippen LogP contribution in [-0.4, -0.2) is 17.0 Å². The van der Waals surface area contributed by atoms with Gasteiger partial charge in [-0.05, 0) is 24.3 Å². The molecule has 0 saturated carbocycles. The summed E-state index contributed by atoms with van der Waals surface area (Å²) in [6.45, 7) is 7.25. The van der Waals surface area contributed by atoms with Crippen LogP contribution < -0.4 is 9.47 Å². The molecule has 1 aromatic heterocycles. The molecule has 124 valence electrons. The van der Waals surface area contributed by atoms with Gasteiger partial charge in [0.1, 0.15) is 22.3 Å². The minimum absolute atomic E-state index is 0.0237. The van der Waals surface area contributed by atoms with Crippen molar-refractivity contribution in [3.05, 3.63) is 69.1 Å². The van der Waals surface area contributed by atoms with Crippen LogP contribution >= 0.6 is 11.6 Å². The van der Waals surface area contributed by atoms with Crippen LogP contribution in [0.15, 0.2) is 42.6 Å². The smallest absolute Gasteiger partial charge is 0.288 e. The molecule has 3 aromatic rings. The van der Waals surface area contributed by atoms with E-state index in [1.54, 1.807) is 24.4 Å². The number of rotatable bonds is 4. The molecule has 0 amide bonds. The molecule has 0 spiro atoms. The minimum atomic E-state index is -0.567. The van der Waals surface area contributed by atoms with E-state index in [4.69, 9.17) is 27.6 Å². The Kier molecular flexibility index (Phi) is 4.37. The number of pyridine rings is 1. The Hall–Kier alpha value is -3.37. The number of fused-ring (bicyclic) bond motifs is 1. The average Bonchev–Trinajstić information content (AvgIpc) is 2.60. The van der Waals surface area contributed by atoms with Crippen molar-refractivity contribution in [2.24, 2.45) is 0 Å².